The Morgan fingerprint density at radius 3 is 2.59 bits per heavy atom. The van der Waals surface area contributed by atoms with E-state index in [1.54, 1.807) is 19.2 Å². The standard InChI is InChI=1S/C13H19ClFNO/c1-4-12(17-3)13(16-5-2)10-7-6-9(14)8-11(10)15/h6-8,12-13,16H,4-5H2,1-3H3. The van der Waals surface area contributed by atoms with E-state index in [1.165, 1.54) is 6.07 Å². The minimum atomic E-state index is -0.293. The van der Waals surface area contributed by atoms with E-state index >= 15 is 0 Å². The van der Waals surface area contributed by atoms with E-state index in [1.807, 2.05) is 13.8 Å². The molecule has 0 bridgehead atoms. The van der Waals surface area contributed by atoms with Crippen LogP contribution >= 0.6 is 11.6 Å². The Morgan fingerprint density at radius 2 is 2.12 bits per heavy atom. The van der Waals surface area contributed by atoms with Crippen LogP contribution in [0.1, 0.15) is 31.9 Å². The average Bonchev–Trinajstić information content (AvgIpc) is 2.30. The lowest BCUT2D eigenvalue weighted by Gasteiger charge is -2.26. The second-order valence-corrected chi connectivity index (χ2v) is 4.32. The van der Waals surface area contributed by atoms with Crippen molar-refractivity contribution < 1.29 is 9.13 Å². The molecule has 2 nitrogen and oxygen atoms in total. The number of ether oxygens (including phenoxy) is 1. The number of hydrogen-bond donors (Lipinski definition) is 1. The molecule has 4 heteroatoms. The second kappa shape index (κ2) is 6.94. The highest BCUT2D eigenvalue weighted by Gasteiger charge is 2.23. The molecule has 0 saturated heterocycles. The summed E-state index contributed by atoms with van der Waals surface area (Å²) in [7, 11) is 1.65. The molecule has 1 N–H and O–H groups in total. The van der Waals surface area contributed by atoms with Crippen molar-refractivity contribution in [1.29, 1.82) is 0 Å². The topological polar surface area (TPSA) is 21.3 Å². The summed E-state index contributed by atoms with van der Waals surface area (Å²) in [5.74, 6) is -0.293. The van der Waals surface area contributed by atoms with Crippen molar-refractivity contribution in [2.75, 3.05) is 13.7 Å². The molecular formula is C13H19ClFNO. The number of methoxy groups -OCH3 is 1. The van der Waals surface area contributed by atoms with Gasteiger partial charge in [-0.15, -0.1) is 0 Å². The molecule has 0 fully saturated rings. The highest BCUT2D eigenvalue weighted by Crippen LogP contribution is 2.25. The first kappa shape index (κ1) is 14.4. The molecule has 2 unspecified atom stereocenters. The third-order valence-electron chi connectivity index (χ3n) is 2.80. The maximum Gasteiger partial charge on any atom is 0.129 e. The van der Waals surface area contributed by atoms with Crippen molar-refractivity contribution in [2.45, 2.75) is 32.4 Å². The van der Waals surface area contributed by atoms with Crippen molar-refractivity contribution in [2.24, 2.45) is 0 Å². The van der Waals surface area contributed by atoms with E-state index in [2.05, 4.69) is 5.32 Å². The lowest BCUT2D eigenvalue weighted by atomic mass is 9.99. The number of rotatable bonds is 6. The first-order valence-electron chi connectivity index (χ1n) is 5.85. The number of nitrogens with one attached hydrogen (secondary N) is 1. The average molecular weight is 260 g/mol. The van der Waals surface area contributed by atoms with Gasteiger partial charge < -0.3 is 10.1 Å². The van der Waals surface area contributed by atoms with E-state index in [9.17, 15) is 4.39 Å². The molecule has 0 aromatic heterocycles. The zero-order valence-corrected chi connectivity index (χ0v) is 11.2. The zero-order chi connectivity index (χ0) is 12.8. The molecule has 2 atom stereocenters. The van der Waals surface area contributed by atoms with Crippen LogP contribution in [0, 0.1) is 5.82 Å². The molecule has 1 aromatic rings. The van der Waals surface area contributed by atoms with Gasteiger partial charge in [-0.2, -0.15) is 0 Å². The molecule has 1 aromatic carbocycles. The van der Waals surface area contributed by atoms with Gasteiger partial charge in [-0.3, -0.25) is 0 Å². The Balaban J connectivity index is 3.03. The van der Waals surface area contributed by atoms with Crippen molar-refractivity contribution in [1.82, 2.24) is 5.32 Å². The van der Waals surface area contributed by atoms with Crippen LogP contribution in [-0.4, -0.2) is 19.8 Å². The Kier molecular flexibility index (Phi) is 5.89. The number of hydrogen-bond acceptors (Lipinski definition) is 2. The Morgan fingerprint density at radius 1 is 1.41 bits per heavy atom. The molecule has 0 heterocycles. The van der Waals surface area contributed by atoms with Crippen LogP contribution in [0.3, 0.4) is 0 Å². The summed E-state index contributed by atoms with van der Waals surface area (Å²) in [4.78, 5) is 0. The molecule has 0 aliphatic heterocycles. The Bertz CT molecular complexity index is 355. The maximum atomic E-state index is 13.9. The first-order valence-corrected chi connectivity index (χ1v) is 6.22. The minimum Gasteiger partial charge on any atom is -0.379 e. The molecule has 0 amide bonds. The van der Waals surface area contributed by atoms with E-state index in [0.717, 1.165) is 13.0 Å². The van der Waals surface area contributed by atoms with Gasteiger partial charge in [0.1, 0.15) is 5.82 Å². The summed E-state index contributed by atoms with van der Waals surface area (Å²) in [6.07, 6.45) is 0.765. The molecule has 96 valence electrons. The fraction of sp³-hybridized carbons (Fsp3) is 0.538. The molecule has 0 aliphatic rings. The molecule has 0 radical (unpaired) electrons. The number of halogens is 2. The van der Waals surface area contributed by atoms with Crippen molar-refractivity contribution >= 4 is 11.6 Å². The smallest absolute Gasteiger partial charge is 0.129 e. The SMILES string of the molecule is CCNC(c1ccc(Cl)cc1F)C(CC)OC. The predicted octanol–water partition coefficient (Wildman–Crippen LogP) is 3.55. The molecule has 17 heavy (non-hydrogen) atoms. The molecule has 0 aliphatic carbocycles. The Hall–Kier alpha value is -0.640. The lowest BCUT2D eigenvalue weighted by molar-refractivity contribution is 0.0644. The van der Waals surface area contributed by atoms with Gasteiger partial charge in [0, 0.05) is 17.7 Å². The van der Waals surface area contributed by atoms with E-state index in [4.69, 9.17) is 16.3 Å². The monoisotopic (exact) mass is 259 g/mol. The largest absolute Gasteiger partial charge is 0.379 e. The summed E-state index contributed by atoms with van der Waals surface area (Å²) in [5.41, 5.74) is 0.602. The minimum absolute atomic E-state index is 0.0503. The molecular weight excluding hydrogens is 241 g/mol. The summed E-state index contributed by atoms with van der Waals surface area (Å²) in [6, 6.07) is 4.61. The van der Waals surface area contributed by atoms with E-state index < -0.39 is 0 Å². The summed E-state index contributed by atoms with van der Waals surface area (Å²) in [6.45, 7) is 4.77. The molecule has 0 saturated carbocycles. The van der Waals surface area contributed by atoms with E-state index in [-0.39, 0.29) is 18.0 Å². The molecule has 0 spiro atoms. The Labute approximate surface area is 107 Å². The van der Waals surface area contributed by atoms with Crippen LogP contribution < -0.4 is 5.32 Å². The fourth-order valence-electron chi connectivity index (χ4n) is 1.95. The third-order valence-corrected chi connectivity index (χ3v) is 3.03. The quantitative estimate of drug-likeness (QED) is 0.844. The first-order chi connectivity index (χ1) is 8.13. The van der Waals surface area contributed by atoms with E-state index in [0.29, 0.717) is 10.6 Å². The van der Waals surface area contributed by atoms with Crippen LogP contribution in [0.15, 0.2) is 18.2 Å². The van der Waals surface area contributed by atoms with Crippen LogP contribution in [-0.2, 0) is 4.74 Å². The molecule has 1 rings (SSSR count). The fourth-order valence-corrected chi connectivity index (χ4v) is 2.11. The van der Waals surface area contributed by atoms with Gasteiger partial charge in [0.15, 0.2) is 0 Å². The van der Waals surface area contributed by atoms with Gasteiger partial charge in [0.2, 0.25) is 0 Å². The van der Waals surface area contributed by atoms with Gasteiger partial charge in [0.05, 0.1) is 12.1 Å². The highest BCUT2D eigenvalue weighted by molar-refractivity contribution is 6.30. The van der Waals surface area contributed by atoms with Crippen LogP contribution in [0.5, 0.6) is 0 Å². The van der Waals surface area contributed by atoms with Gasteiger partial charge in [0.25, 0.3) is 0 Å². The van der Waals surface area contributed by atoms with Gasteiger partial charge in [-0.25, -0.2) is 4.39 Å². The second-order valence-electron chi connectivity index (χ2n) is 3.88. The van der Waals surface area contributed by atoms with Crippen LogP contribution in [0.25, 0.3) is 0 Å². The van der Waals surface area contributed by atoms with Crippen molar-refractivity contribution in [3.05, 3.63) is 34.6 Å². The lowest BCUT2D eigenvalue weighted by Crippen LogP contribution is -2.33. The van der Waals surface area contributed by atoms with Crippen LogP contribution in [0.2, 0.25) is 5.02 Å². The van der Waals surface area contributed by atoms with Crippen molar-refractivity contribution in [3.63, 3.8) is 0 Å². The summed E-state index contributed by atoms with van der Waals surface area (Å²) < 4.78 is 19.3. The number of likely N-dealkylation sites (N-methyl/N-ethyl adjacent to an activating group) is 1. The third kappa shape index (κ3) is 3.66. The highest BCUT2D eigenvalue weighted by atomic mass is 35.5. The van der Waals surface area contributed by atoms with Gasteiger partial charge in [-0.1, -0.05) is 31.5 Å². The summed E-state index contributed by atoms with van der Waals surface area (Å²) >= 11 is 5.75. The number of benzene rings is 1. The zero-order valence-electron chi connectivity index (χ0n) is 10.5. The van der Waals surface area contributed by atoms with Gasteiger partial charge in [-0.05, 0) is 25.1 Å². The maximum absolute atomic E-state index is 13.9. The predicted molar refractivity (Wildman–Crippen MR) is 68.9 cm³/mol. The van der Waals surface area contributed by atoms with Gasteiger partial charge >= 0.3 is 0 Å². The van der Waals surface area contributed by atoms with Crippen LogP contribution in [0.4, 0.5) is 4.39 Å². The summed E-state index contributed by atoms with van der Waals surface area (Å²) in [5, 5.41) is 3.66. The van der Waals surface area contributed by atoms with Crippen molar-refractivity contribution in [3.8, 4) is 0 Å². The normalized spacial score (nSPS) is 14.6.